The third-order valence-electron chi connectivity index (χ3n) is 4.10. The number of guanidine groups is 1. The Hall–Kier alpha value is -1.17. The van der Waals surface area contributed by atoms with Gasteiger partial charge < -0.3 is 25.0 Å². The number of morpholine rings is 1. The first kappa shape index (κ1) is 23.9. The Balaban J connectivity index is 0.00000364. The van der Waals surface area contributed by atoms with Gasteiger partial charge in [-0.1, -0.05) is 0 Å². The van der Waals surface area contributed by atoms with Crippen LogP contribution in [-0.2, 0) is 11.3 Å². The number of hydrogen-bond donors (Lipinski definition) is 2. The second-order valence-corrected chi connectivity index (χ2v) is 6.46. The lowest BCUT2D eigenvalue weighted by Gasteiger charge is -2.26. The Morgan fingerprint density at radius 3 is 2.81 bits per heavy atom. The second-order valence-electron chi connectivity index (χ2n) is 6.46. The minimum absolute atomic E-state index is 0. The SMILES string of the molecule is CN=C(NCCN1CCOCC1)NCc1ccnc(OCCN(C)C)c1.I. The first-order chi connectivity index (χ1) is 12.7. The van der Waals surface area contributed by atoms with E-state index in [2.05, 4.69) is 30.4 Å². The minimum atomic E-state index is 0. The number of ether oxygens (including phenoxy) is 2. The van der Waals surface area contributed by atoms with E-state index in [1.807, 2.05) is 26.2 Å². The van der Waals surface area contributed by atoms with Crippen LogP contribution in [0.3, 0.4) is 0 Å². The highest BCUT2D eigenvalue weighted by atomic mass is 127. The first-order valence-corrected chi connectivity index (χ1v) is 9.14. The van der Waals surface area contributed by atoms with E-state index in [4.69, 9.17) is 9.47 Å². The molecule has 0 saturated carbocycles. The standard InChI is InChI=1S/C18H32N6O2.HI/c1-19-18(21-6-7-24-9-11-25-12-10-24)22-15-16-4-5-20-17(14-16)26-13-8-23(2)3;/h4-5,14H,6-13,15H2,1-3H3,(H2,19,21,22);1H. The van der Waals surface area contributed by atoms with Crippen molar-refractivity contribution in [3.63, 3.8) is 0 Å². The molecule has 0 radical (unpaired) electrons. The molecule has 2 heterocycles. The number of halogens is 1. The first-order valence-electron chi connectivity index (χ1n) is 9.14. The Kier molecular flexibility index (Phi) is 12.3. The molecule has 2 N–H and O–H groups in total. The van der Waals surface area contributed by atoms with Gasteiger partial charge in [-0.3, -0.25) is 9.89 Å². The number of aliphatic imine (C=N–C) groups is 1. The van der Waals surface area contributed by atoms with Crippen LogP contribution in [0.2, 0.25) is 0 Å². The van der Waals surface area contributed by atoms with Gasteiger partial charge in [0.15, 0.2) is 5.96 Å². The van der Waals surface area contributed by atoms with Crippen LogP contribution in [0, 0.1) is 0 Å². The summed E-state index contributed by atoms with van der Waals surface area (Å²) in [5.74, 6) is 1.45. The fourth-order valence-electron chi connectivity index (χ4n) is 2.54. The largest absolute Gasteiger partial charge is 0.476 e. The van der Waals surface area contributed by atoms with Gasteiger partial charge in [0.2, 0.25) is 5.88 Å². The van der Waals surface area contributed by atoms with Crippen molar-refractivity contribution in [3.05, 3.63) is 23.9 Å². The normalized spacial score (nSPS) is 15.3. The number of hydrogen-bond acceptors (Lipinski definition) is 6. The molecule has 0 atom stereocenters. The van der Waals surface area contributed by atoms with E-state index in [9.17, 15) is 0 Å². The summed E-state index contributed by atoms with van der Waals surface area (Å²) in [6, 6.07) is 3.94. The Labute approximate surface area is 179 Å². The third kappa shape index (κ3) is 10.1. The highest BCUT2D eigenvalue weighted by Crippen LogP contribution is 2.09. The van der Waals surface area contributed by atoms with Crippen molar-refractivity contribution in [1.29, 1.82) is 0 Å². The van der Waals surface area contributed by atoms with Crippen LogP contribution in [0.5, 0.6) is 5.88 Å². The zero-order chi connectivity index (χ0) is 18.6. The van der Waals surface area contributed by atoms with E-state index in [0.717, 1.165) is 57.5 Å². The summed E-state index contributed by atoms with van der Waals surface area (Å²) in [6.07, 6.45) is 1.77. The molecule has 0 aromatic carbocycles. The lowest BCUT2D eigenvalue weighted by atomic mass is 10.2. The average molecular weight is 492 g/mol. The number of aromatic nitrogens is 1. The van der Waals surface area contributed by atoms with E-state index in [-0.39, 0.29) is 24.0 Å². The molecule has 2 rings (SSSR count). The highest BCUT2D eigenvalue weighted by molar-refractivity contribution is 14.0. The van der Waals surface area contributed by atoms with Crippen LogP contribution >= 0.6 is 24.0 Å². The molecule has 1 aromatic rings. The van der Waals surface area contributed by atoms with Gasteiger partial charge in [-0.15, -0.1) is 24.0 Å². The lowest BCUT2D eigenvalue weighted by molar-refractivity contribution is 0.0389. The van der Waals surface area contributed by atoms with Crippen LogP contribution in [0.25, 0.3) is 0 Å². The van der Waals surface area contributed by atoms with Gasteiger partial charge in [-0.25, -0.2) is 4.98 Å². The summed E-state index contributed by atoms with van der Waals surface area (Å²) >= 11 is 0. The zero-order valence-electron chi connectivity index (χ0n) is 16.6. The average Bonchev–Trinajstić information content (AvgIpc) is 2.65. The molecular weight excluding hydrogens is 459 g/mol. The molecule has 8 nitrogen and oxygen atoms in total. The van der Waals surface area contributed by atoms with Crippen LogP contribution in [0.15, 0.2) is 23.3 Å². The highest BCUT2D eigenvalue weighted by Gasteiger charge is 2.09. The smallest absolute Gasteiger partial charge is 0.213 e. The summed E-state index contributed by atoms with van der Waals surface area (Å²) < 4.78 is 11.0. The molecule has 9 heteroatoms. The number of likely N-dealkylation sites (N-methyl/N-ethyl adjacent to an activating group) is 1. The van der Waals surface area contributed by atoms with Crippen molar-refractivity contribution >= 4 is 29.9 Å². The molecule has 0 unspecified atom stereocenters. The maximum Gasteiger partial charge on any atom is 0.213 e. The van der Waals surface area contributed by atoms with Gasteiger partial charge in [0.05, 0.1) is 13.2 Å². The summed E-state index contributed by atoms with van der Waals surface area (Å²) in [5.41, 5.74) is 1.11. The van der Waals surface area contributed by atoms with E-state index in [1.54, 1.807) is 13.2 Å². The van der Waals surface area contributed by atoms with Gasteiger partial charge in [0, 0.05) is 58.6 Å². The molecule has 1 saturated heterocycles. The molecule has 0 spiro atoms. The molecule has 154 valence electrons. The van der Waals surface area contributed by atoms with Gasteiger partial charge in [-0.2, -0.15) is 0 Å². The fraction of sp³-hybridized carbons (Fsp3) is 0.667. The topological polar surface area (TPSA) is 74.2 Å². The van der Waals surface area contributed by atoms with E-state index in [0.29, 0.717) is 19.0 Å². The monoisotopic (exact) mass is 492 g/mol. The van der Waals surface area contributed by atoms with Crippen molar-refractivity contribution in [2.24, 2.45) is 4.99 Å². The number of nitrogens with zero attached hydrogens (tertiary/aromatic N) is 4. The van der Waals surface area contributed by atoms with Gasteiger partial charge >= 0.3 is 0 Å². The molecule has 1 aliphatic heterocycles. The molecular formula is C18H33IN6O2. The van der Waals surface area contributed by atoms with Crippen LogP contribution < -0.4 is 15.4 Å². The molecule has 27 heavy (non-hydrogen) atoms. The maximum atomic E-state index is 5.68. The number of pyridine rings is 1. The van der Waals surface area contributed by atoms with E-state index >= 15 is 0 Å². The van der Waals surface area contributed by atoms with E-state index in [1.165, 1.54) is 0 Å². The van der Waals surface area contributed by atoms with Crippen LogP contribution in [0.1, 0.15) is 5.56 Å². The zero-order valence-corrected chi connectivity index (χ0v) is 18.9. The quantitative estimate of drug-likeness (QED) is 0.298. The molecule has 0 amide bonds. The van der Waals surface area contributed by atoms with Gasteiger partial charge in [-0.05, 0) is 25.7 Å². The Bertz CT molecular complexity index is 552. The van der Waals surface area contributed by atoms with Crippen molar-refractivity contribution in [3.8, 4) is 5.88 Å². The second kappa shape index (κ2) is 13.9. The molecule has 1 aliphatic rings. The molecule has 1 fully saturated rings. The fourth-order valence-corrected chi connectivity index (χ4v) is 2.54. The van der Waals surface area contributed by atoms with Crippen molar-refractivity contribution in [2.45, 2.75) is 6.54 Å². The summed E-state index contributed by atoms with van der Waals surface area (Å²) in [7, 11) is 5.83. The predicted octanol–water partition coefficient (Wildman–Crippen LogP) is 0.637. The van der Waals surface area contributed by atoms with Crippen molar-refractivity contribution < 1.29 is 9.47 Å². The predicted molar refractivity (Wildman–Crippen MR) is 119 cm³/mol. The van der Waals surface area contributed by atoms with E-state index < -0.39 is 0 Å². The third-order valence-corrected chi connectivity index (χ3v) is 4.10. The van der Waals surface area contributed by atoms with Crippen LogP contribution in [0.4, 0.5) is 0 Å². The summed E-state index contributed by atoms with van der Waals surface area (Å²) in [5, 5.41) is 6.68. The maximum absolute atomic E-state index is 5.68. The molecule has 0 bridgehead atoms. The molecule has 0 aliphatic carbocycles. The Morgan fingerprint density at radius 2 is 2.11 bits per heavy atom. The summed E-state index contributed by atoms with van der Waals surface area (Å²) in [6.45, 7) is 7.66. The Morgan fingerprint density at radius 1 is 1.33 bits per heavy atom. The lowest BCUT2D eigenvalue weighted by Crippen LogP contribution is -2.44. The minimum Gasteiger partial charge on any atom is -0.476 e. The summed E-state index contributed by atoms with van der Waals surface area (Å²) in [4.78, 5) is 13.0. The van der Waals surface area contributed by atoms with Crippen molar-refractivity contribution in [2.75, 3.05) is 73.7 Å². The van der Waals surface area contributed by atoms with Gasteiger partial charge in [0.25, 0.3) is 0 Å². The molecule has 1 aromatic heterocycles. The van der Waals surface area contributed by atoms with Gasteiger partial charge in [0.1, 0.15) is 6.61 Å². The van der Waals surface area contributed by atoms with Crippen LogP contribution in [-0.4, -0.2) is 94.4 Å². The number of nitrogens with one attached hydrogen (secondary N) is 2. The van der Waals surface area contributed by atoms with Crippen molar-refractivity contribution in [1.82, 2.24) is 25.4 Å². The number of rotatable bonds is 9.